The smallest absolute Gasteiger partial charge is 0.325 e. The Labute approximate surface area is 658 Å². The van der Waals surface area contributed by atoms with E-state index in [1.807, 2.05) is 108 Å². The number of likely N-dealkylation sites (tertiary alicyclic amines) is 3. The van der Waals surface area contributed by atoms with Gasteiger partial charge in [0.25, 0.3) is 17.1 Å². The molecule has 3 aliphatic heterocycles. The van der Waals surface area contributed by atoms with Crippen molar-refractivity contribution in [3.05, 3.63) is 258 Å². The van der Waals surface area contributed by atoms with Crippen LogP contribution in [0.2, 0.25) is 0 Å². The van der Waals surface area contributed by atoms with E-state index in [9.17, 15) is 35.1 Å². The van der Waals surface area contributed by atoms with Gasteiger partial charge in [-0.15, -0.1) is 22.7 Å². The molecule has 6 aromatic carbocycles. The number of nitro groups is 3. The maximum atomic E-state index is 11.4. The average Bonchev–Trinajstić information content (AvgIpc) is 1.71. The lowest BCUT2D eigenvalue weighted by molar-refractivity contribution is -0.384. The van der Waals surface area contributed by atoms with Crippen LogP contribution >= 0.6 is 34.4 Å². The number of thiophene rings is 2. The Morgan fingerprint density at radius 1 is 0.486 bits per heavy atom. The number of nitro benzene ring substituents is 3. The number of aliphatic imine (C=N–C) groups is 1. The molecule has 582 valence electrons. The molecule has 3 aliphatic rings. The number of fused-ring (bicyclic) bond motifs is 5. The highest BCUT2D eigenvalue weighted by atomic mass is 32.2. The van der Waals surface area contributed by atoms with Gasteiger partial charge in [0.2, 0.25) is 0 Å². The third-order valence-electron chi connectivity index (χ3n) is 19.5. The van der Waals surface area contributed by atoms with Crippen LogP contribution in [-0.4, -0.2) is 146 Å². The standard InChI is InChI=1S/C20H24N4S.C15H19N3O2.C15H21N3.C12H12N2O4.C11H9NS2.C10H10N2O3.CH4/c21-20(19-5-4-14-25-19)22-17-7-6-16-8-11-24(18(16)15-17)13-12-23-9-2-1-3-10-23;19-18(20)14-5-4-13-6-9-17(15(13)12-14)11-10-16-7-2-1-3-8-16;16-14-5-4-13-6-9-18(15(13)12-14)11-10-17-7-2-1-3-8-17;1-2-18-12(15)8-13-6-5-9-3-4-10(14(16)17)7-11(9)13;12-11(10-7-4-8-13-10)14-9-5-2-1-3-6-9;13-6-5-11-4-3-8-1-2-9(12(14)15)7-10(8)11;/h4-8,11,14-15H,1-3,9-10,12-13H2,(H2,21,22);4-6,9,12H,1-3,7-8,10-11H2;4-6,9,12H,1-3,7-8,10-11,16H2;3-7H,2,8H2,1H3;1-8,12H;1-4,7,13H,5-6H2;1H4. The molecule has 0 atom stereocenters. The molecular weight excluding hydrogens is 1460 g/mol. The van der Waals surface area contributed by atoms with Crippen LogP contribution in [0.15, 0.2) is 228 Å². The van der Waals surface area contributed by atoms with Gasteiger partial charge in [-0.25, -0.2) is 4.99 Å². The number of anilines is 1. The zero-order valence-corrected chi connectivity index (χ0v) is 64.4. The van der Waals surface area contributed by atoms with Crippen LogP contribution in [0.1, 0.15) is 81.9 Å². The first-order valence-electron chi connectivity index (χ1n) is 37.4. The van der Waals surface area contributed by atoms with Gasteiger partial charge in [0, 0.05) is 140 Å². The van der Waals surface area contributed by atoms with E-state index in [1.165, 1.54) is 155 Å². The molecule has 3 fully saturated rings. The number of benzene rings is 6. The number of nitrogen functional groups attached to an aromatic ring is 1. The molecule has 10 heterocycles. The largest absolute Gasteiger partial charge is 0.465 e. The van der Waals surface area contributed by atoms with Crippen molar-refractivity contribution in [1.82, 2.24) is 37.5 Å². The van der Waals surface area contributed by atoms with Gasteiger partial charge in [-0.3, -0.25) is 40.5 Å². The molecule has 27 heteroatoms. The SMILES string of the molecule is C.CCOC(=O)Cn1ccc2ccc([N+](=O)[O-])cc21.N=C(Sc1ccccc1)c1cccs1.NC(=Nc1ccc2ccn(CCN3CCCCC3)c2c1)c1cccs1.Nc1ccc2ccn(CCN3CCCCC3)c2c1.O=[N+]([O-])c1ccc2ccn(CCN3CCCCC3)c2c1.O=[N+]([O-])c1ccc2ccn(CCO)c2c1. The maximum absolute atomic E-state index is 11.4. The van der Waals surface area contributed by atoms with Gasteiger partial charge < -0.3 is 58.8 Å². The predicted molar refractivity (Wildman–Crippen MR) is 454 cm³/mol. The first-order valence-corrected chi connectivity index (χ1v) is 39.9. The highest BCUT2D eigenvalue weighted by molar-refractivity contribution is 8.14. The van der Waals surface area contributed by atoms with Crippen LogP contribution in [0.5, 0.6) is 0 Å². The molecule has 7 aromatic heterocycles. The summed E-state index contributed by atoms with van der Waals surface area (Å²) in [5.74, 6) is 0.224. The van der Waals surface area contributed by atoms with Crippen molar-refractivity contribution in [2.24, 2.45) is 10.7 Å². The van der Waals surface area contributed by atoms with Crippen LogP contribution in [0.3, 0.4) is 0 Å². The van der Waals surface area contributed by atoms with E-state index in [-0.39, 0.29) is 48.5 Å². The molecule has 0 bridgehead atoms. The van der Waals surface area contributed by atoms with E-state index < -0.39 is 9.85 Å². The number of piperidine rings is 3. The van der Waals surface area contributed by atoms with Gasteiger partial charge in [0.05, 0.1) is 71.0 Å². The molecule has 0 spiro atoms. The number of hydrogen-bond donors (Lipinski definition) is 4. The fourth-order valence-electron chi connectivity index (χ4n) is 13.7. The molecule has 0 saturated carbocycles. The summed E-state index contributed by atoms with van der Waals surface area (Å²) in [6.07, 6.45) is 22.0. The van der Waals surface area contributed by atoms with Crippen molar-refractivity contribution in [2.45, 2.75) is 110 Å². The summed E-state index contributed by atoms with van der Waals surface area (Å²) in [7, 11) is 0. The van der Waals surface area contributed by atoms with E-state index >= 15 is 0 Å². The van der Waals surface area contributed by atoms with Crippen LogP contribution in [-0.2, 0) is 42.3 Å². The third kappa shape index (κ3) is 23.9. The number of non-ortho nitro benzene ring substituents is 3. The summed E-state index contributed by atoms with van der Waals surface area (Å²) < 4.78 is 15.1. The summed E-state index contributed by atoms with van der Waals surface area (Å²) in [6.45, 7) is 16.2. The zero-order chi connectivity index (χ0) is 77.1. The fourth-order valence-corrected chi connectivity index (χ4v) is 15.8. The van der Waals surface area contributed by atoms with Crippen LogP contribution in [0.4, 0.5) is 28.4 Å². The average molecular weight is 1560 g/mol. The number of nitrogens with one attached hydrogen (secondary N) is 1. The lowest BCUT2D eigenvalue weighted by Gasteiger charge is -2.26. The second-order valence-electron chi connectivity index (χ2n) is 27.0. The highest BCUT2D eigenvalue weighted by Crippen LogP contribution is 2.29. The number of hydrogen-bond acceptors (Lipinski definition) is 18. The first kappa shape index (κ1) is 82.7. The Kier molecular flexibility index (Phi) is 31.2. The molecule has 0 amide bonds. The second kappa shape index (κ2) is 41.9. The molecule has 0 aliphatic carbocycles. The number of aliphatic hydroxyl groups is 1. The summed E-state index contributed by atoms with van der Waals surface area (Å²) >= 11 is 4.72. The van der Waals surface area contributed by atoms with Gasteiger partial charge >= 0.3 is 5.97 Å². The summed E-state index contributed by atoms with van der Waals surface area (Å²) in [4.78, 5) is 57.7. The molecule has 3 saturated heterocycles. The number of aromatic nitrogens is 5. The second-order valence-corrected chi connectivity index (χ2v) is 30.0. The lowest BCUT2D eigenvalue weighted by atomic mass is 10.1. The Bertz CT molecular complexity index is 5170. The summed E-state index contributed by atoms with van der Waals surface area (Å²) in [5, 5.41) is 58.9. The van der Waals surface area contributed by atoms with E-state index in [0.29, 0.717) is 29.5 Å². The molecule has 16 rings (SSSR count). The Balaban J connectivity index is 0.000000143. The van der Waals surface area contributed by atoms with E-state index in [2.05, 4.69) is 82.2 Å². The number of nitrogens with zero attached hydrogens (tertiary/aromatic N) is 12. The highest BCUT2D eigenvalue weighted by Gasteiger charge is 2.17. The van der Waals surface area contributed by atoms with Gasteiger partial charge in [-0.1, -0.05) is 80.9 Å². The Morgan fingerprint density at radius 2 is 0.874 bits per heavy atom. The normalized spacial score (nSPS) is 13.9. The molecule has 111 heavy (non-hydrogen) atoms. The van der Waals surface area contributed by atoms with Crippen LogP contribution < -0.4 is 11.5 Å². The number of ether oxygens (including phenoxy) is 1. The van der Waals surface area contributed by atoms with Gasteiger partial charge in [0.15, 0.2) is 0 Å². The minimum atomic E-state index is -0.457. The van der Waals surface area contributed by atoms with E-state index in [1.54, 1.807) is 75.3 Å². The van der Waals surface area contributed by atoms with Crippen molar-refractivity contribution in [2.75, 3.05) is 77.9 Å². The minimum Gasteiger partial charge on any atom is -0.465 e. The number of carbonyl (C=O) groups is 1. The molecule has 24 nitrogen and oxygen atoms in total. The topological polar surface area (TPSA) is 299 Å². The number of nitrogens with two attached hydrogens (primary N) is 2. The third-order valence-corrected chi connectivity index (χ3v) is 22.3. The van der Waals surface area contributed by atoms with Crippen LogP contribution in [0.25, 0.3) is 54.5 Å². The van der Waals surface area contributed by atoms with Crippen LogP contribution in [0, 0.1) is 35.8 Å². The number of amidine groups is 1. The summed E-state index contributed by atoms with van der Waals surface area (Å²) in [5.41, 5.74) is 18.9. The van der Waals surface area contributed by atoms with E-state index in [4.69, 9.17) is 26.7 Å². The number of aliphatic hydroxyl groups excluding tert-OH is 1. The number of rotatable bonds is 21. The Morgan fingerprint density at radius 3 is 1.29 bits per heavy atom. The van der Waals surface area contributed by atoms with Crippen molar-refractivity contribution in [1.29, 1.82) is 5.41 Å². The molecule has 0 radical (unpaired) electrons. The number of carbonyl (C=O) groups excluding carboxylic acids is 1. The van der Waals surface area contributed by atoms with Crippen molar-refractivity contribution >= 4 is 134 Å². The Hall–Kier alpha value is -10.8. The molecular formula is C84H99N15O9S3. The fraction of sp³-hybridized carbons (Fsp3) is 0.321. The van der Waals surface area contributed by atoms with Gasteiger partial charge in [-0.2, -0.15) is 0 Å². The van der Waals surface area contributed by atoms with Crippen molar-refractivity contribution in [3.8, 4) is 0 Å². The zero-order valence-electron chi connectivity index (χ0n) is 61.9. The predicted octanol–water partition coefficient (Wildman–Crippen LogP) is 18.1. The first-order chi connectivity index (χ1) is 53.5. The monoisotopic (exact) mass is 1560 g/mol. The van der Waals surface area contributed by atoms with E-state index in [0.717, 1.165) is 92.5 Å². The summed E-state index contributed by atoms with van der Waals surface area (Å²) in [6, 6.07) is 54.8. The molecule has 13 aromatic rings. The van der Waals surface area contributed by atoms with Gasteiger partial charge in [0.1, 0.15) is 17.4 Å². The maximum Gasteiger partial charge on any atom is 0.325 e. The number of esters is 1. The van der Waals surface area contributed by atoms with Crippen molar-refractivity contribution < 1.29 is 29.4 Å². The number of thioether (sulfide) groups is 1. The quantitative estimate of drug-likeness (QED) is 0.00989. The molecule has 0 unspecified atom stereocenters. The lowest BCUT2D eigenvalue weighted by Crippen LogP contribution is -2.32. The van der Waals surface area contributed by atoms with Crippen molar-refractivity contribution in [3.63, 3.8) is 0 Å². The minimum absolute atomic E-state index is 0. The van der Waals surface area contributed by atoms with Gasteiger partial charge in [-0.05, 0) is 203 Å². The molecule has 6 N–H and O–H groups in total.